The van der Waals surface area contributed by atoms with Crippen LogP contribution in [-0.2, 0) is 16.6 Å². The smallest absolute Gasteiger partial charge is 0.208 e. The van der Waals surface area contributed by atoms with Gasteiger partial charge in [-0.05, 0) is 31.5 Å². The molecule has 0 radical (unpaired) electrons. The molecule has 1 atom stereocenters. The first-order valence-corrected chi connectivity index (χ1v) is 9.50. The zero-order chi connectivity index (χ0) is 16.4. The van der Waals surface area contributed by atoms with Crippen molar-refractivity contribution < 1.29 is 8.42 Å². The standard InChI is InChI=1S/C15H21N5O2S/c1-23(21,22)19-11-5-4-8-20(9-11)10-14-17-13-7-3-2-6-12(13)15(16)18-14/h2-3,6-7,11,19H,4-5,8-10H2,1H3,(H2,16,17,18). The molecule has 1 fully saturated rings. The van der Waals surface area contributed by atoms with E-state index in [-0.39, 0.29) is 6.04 Å². The van der Waals surface area contributed by atoms with E-state index in [0.29, 0.717) is 24.7 Å². The first-order chi connectivity index (χ1) is 10.9. The summed E-state index contributed by atoms with van der Waals surface area (Å²) < 4.78 is 25.4. The van der Waals surface area contributed by atoms with Crippen molar-refractivity contribution in [2.24, 2.45) is 0 Å². The van der Waals surface area contributed by atoms with E-state index < -0.39 is 10.0 Å². The predicted molar refractivity (Wildman–Crippen MR) is 90.2 cm³/mol. The van der Waals surface area contributed by atoms with Crippen LogP contribution >= 0.6 is 0 Å². The monoisotopic (exact) mass is 335 g/mol. The lowest BCUT2D eigenvalue weighted by molar-refractivity contribution is 0.190. The van der Waals surface area contributed by atoms with Gasteiger partial charge in [-0.15, -0.1) is 0 Å². The molecule has 0 bridgehead atoms. The maximum absolute atomic E-state index is 11.4. The van der Waals surface area contributed by atoms with E-state index in [1.807, 2.05) is 24.3 Å². The third kappa shape index (κ3) is 4.15. The average molecular weight is 335 g/mol. The molecule has 2 aromatic rings. The SMILES string of the molecule is CS(=O)(=O)NC1CCCN(Cc2nc(N)c3ccccc3n2)C1. The van der Waals surface area contributed by atoms with Crippen molar-refractivity contribution in [2.75, 3.05) is 25.1 Å². The van der Waals surface area contributed by atoms with Gasteiger partial charge in [-0.25, -0.2) is 23.1 Å². The molecule has 7 nitrogen and oxygen atoms in total. The fourth-order valence-electron chi connectivity index (χ4n) is 3.02. The molecule has 0 saturated carbocycles. The molecule has 0 aliphatic carbocycles. The van der Waals surface area contributed by atoms with Crippen LogP contribution in [0.25, 0.3) is 10.9 Å². The number of piperidine rings is 1. The molecule has 1 aliphatic heterocycles. The highest BCUT2D eigenvalue weighted by Crippen LogP contribution is 2.19. The summed E-state index contributed by atoms with van der Waals surface area (Å²) in [5.41, 5.74) is 6.84. The molecular weight excluding hydrogens is 314 g/mol. The average Bonchev–Trinajstić information content (AvgIpc) is 2.46. The highest BCUT2D eigenvalue weighted by atomic mass is 32.2. The molecule has 3 rings (SSSR count). The maximum atomic E-state index is 11.4. The van der Waals surface area contributed by atoms with Crippen molar-refractivity contribution in [3.05, 3.63) is 30.1 Å². The Morgan fingerprint density at radius 2 is 2.13 bits per heavy atom. The number of nitrogens with two attached hydrogens (primary N) is 1. The molecule has 3 N–H and O–H groups in total. The van der Waals surface area contributed by atoms with Crippen LogP contribution in [0, 0.1) is 0 Å². The van der Waals surface area contributed by atoms with E-state index in [1.165, 1.54) is 6.26 Å². The number of nitrogen functional groups attached to an aromatic ring is 1. The van der Waals surface area contributed by atoms with Gasteiger partial charge in [0.2, 0.25) is 10.0 Å². The number of sulfonamides is 1. The predicted octanol–water partition coefficient (Wildman–Crippen LogP) is 0.726. The van der Waals surface area contributed by atoms with Crippen molar-refractivity contribution in [3.63, 3.8) is 0 Å². The summed E-state index contributed by atoms with van der Waals surface area (Å²) in [7, 11) is -3.18. The number of hydrogen-bond donors (Lipinski definition) is 2. The molecule has 1 aromatic carbocycles. The number of para-hydroxylation sites is 1. The normalized spacial score (nSPS) is 20.0. The van der Waals surface area contributed by atoms with Crippen LogP contribution in [0.3, 0.4) is 0 Å². The summed E-state index contributed by atoms with van der Waals surface area (Å²) in [5, 5.41) is 0.853. The van der Waals surface area contributed by atoms with Crippen molar-refractivity contribution in [1.29, 1.82) is 0 Å². The zero-order valence-electron chi connectivity index (χ0n) is 13.1. The highest BCUT2D eigenvalue weighted by Gasteiger charge is 2.23. The van der Waals surface area contributed by atoms with Crippen LogP contribution in [0.1, 0.15) is 18.7 Å². The summed E-state index contributed by atoms with van der Waals surface area (Å²) in [6.45, 7) is 2.12. The van der Waals surface area contributed by atoms with Gasteiger partial charge in [0.05, 0.1) is 18.3 Å². The number of benzene rings is 1. The van der Waals surface area contributed by atoms with Crippen LogP contribution < -0.4 is 10.5 Å². The minimum Gasteiger partial charge on any atom is -0.383 e. The molecule has 1 saturated heterocycles. The Balaban J connectivity index is 1.74. The molecular formula is C15H21N5O2S. The van der Waals surface area contributed by atoms with E-state index in [2.05, 4.69) is 19.6 Å². The zero-order valence-corrected chi connectivity index (χ0v) is 13.9. The van der Waals surface area contributed by atoms with Crippen molar-refractivity contribution in [2.45, 2.75) is 25.4 Å². The maximum Gasteiger partial charge on any atom is 0.208 e. The largest absolute Gasteiger partial charge is 0.383 e. The second-order valence-electron chi connectivity index (χ2n) is 6.01. The van der Waals surface area contributed by atoms with Gasteiger partial charge in [-0.1, -0.05) is 12.1 Å². The summed E-state index contributed by atoms with van der Waals surface area (Å²) in [5.74, 6) is 1.15. The van der Waals surface area contributed by atoms with Crippen molar-refractivity contribution in [3.8, 4) is 0 Å². The first kappa shape index (κ1) is 16.1. The number of rotatable bonds is 4. The Morgan fingerprint density at radius 3 is 2.91 bits per heavy atom. The third-order valence-corrected chi connectivity index (χ3v) is 4.69. The lowest BCUT2D eigenvalue weighted by atomic mass is 10.1. The first-order valence-electron chi connectivity index (χ1n) is 7.61. The second-order valence-corrected chi connectivity index (χ2v) is 7.79. The second kappa shape index (κ2) is 6.38. The Morgan fingerprint density at radius 1 is 1.35 bits per heavy atom. The fraction of sp³-hybridized carbons (Fsp3) is 0.467. The molecule has 1 unspecified atom stereocenters. The number of fused-ring (bicyclic) bond motifs is 1. The molecule has 124 valence electrons. The van der Waals surface area contributed by atoms with Gasteiger partial charge in [0.25, 0.3) is 0 Å². The number of nitrogens with one attached hydrogen (secondary N) is 1. The van der Waals surface area contributed by atoms with E-state index in [9.17, 15) is 8.42 Å². The molecule has 0 amide bonds. The van der Waals surface area contributed by atoms with Crippen molar-refractivity contribution in [1.82, 2.24) is 19.6 Å². The minimum atomic E-state index is -3.18. The van der Waals surface area contributed by atoms with Crippen LogP contribution in [0.2, 0.25) is 0 Å². The van der Waals surface area contributed by atoms with E-state index in [4.69, 9.17) is 5.73 Å². The number of nitrogens with zero attached hydrogens (tertiary/aromatic N) is 3. The van der Waals surface area contributed by atoms with Gasteiger partial charge < -0.3 is 5.73 Å². The fourth-order valence-corrected chi connectivity index (χ4v) is 3.82. The topological polar surface area (TPSA) is 101 Å². The number of hydrogen-bond acceptors (Lipinski definition) is 6. The van der Waals surface area contributed by atoms with E-state index in [1.54, 1.807) is 0 Å². The molecule has 0 spiro atoms. The number of aromatic nitrogens is 2. The number of likely N-dealkylation sites (tertiary alicyclic amines) is 1. The summed E-state index contributed by atoms with van der Waals surface area (Å²) in [6, 6.07) is 7.60. The molecule has 23 heavy (non-hydrogen) atoms. The van der Waals surface area contributed by atoms with Gasteiger partial charge in [-0.2, -0.15) is 0 Å². The molecule has 1 aliphatic rings. The van der Waals surface area contributed by atoms with Gasteiger partial charge >= 0.3 is 0 Å². The van der Waals surface area contributed by atoms with Crippen LogP contribution in [-0.4, -0.2) is 48.7 Å². The van der Waals surface area contributed by atoms with Crippen molar-refractivity contribution >= 4 is 26.7 Å². The van der Waals surface area contributed by atoms with E-state index in [0.717, 1.165) is 30.3 Å². The highest BCUT2D eigenvalue weighted by molar-refractivity contribution is 7.88. The van der Waals surface area contributed by atoms with Crippen LogP contribution in [0.15, 0.2) is 24.3 Å². The van der Waals surface area contributed by atoms with Gasteiger partial charge in [-0.3, -0.25) is 4.90 Å². The van der Waals surface area contributed by atoms with Gasteiger partial charge in [0.1, 0.15) is 11.6 Å². The third-order valence-electron chi connectivity index (χ3n) is 3.93. The lowest BCUT2D eigenvalue weighted by Crippen LogP contribution is -2.47. The van der Waals surface area contributed by atoms with Crippen LogP contribution in [0.5, 0.6) is 0 Å². The van der Waals surface area contributed by atoms with Gasteiger partial charge in [0.15, 0.2) is 0 Å². The quantitative estimate of drug-likeness (QED) is 0.854. The Bertz CT molecular complexity index is 809. The lowest BCUT2D eigenvalue weighted by Gasteiger charge is -2.32. The Kier molecular flexibility index (Phi) is 4.47. The summed E-state index contributed by atoms with van der Waals surface area (Å²) in [6.07, 6.45) is 2.99. The van der Waals surface area contributed by atoms with Crippen LogP contribution in [0.4, 0.5) is 5.82 Å². The summed E-state index contributed by atoms with van der Waals surface area (Å²) in [4.78, 5) is 11.1. The Hall–Kier alpha value is -1.77. The Labute approximate surface area is 136 Å². The molecule has 1 aromatic heterocycles. The minimum absolute atomic E-state index is 0.0587. The summed E-state index contributed by atoms with van der Waals surface area (Å²) >= 11 is 0. The molecule has 8 heteroatoms. The van der Waals surface area contributed by atoms with E-state index >= 15 is 0 Å². The number of anilines is 1. The molecule has 2 heterocycles. The van der Waals surface area contributed by atoms with Gasteiger partial charge in [0, 0.05) is 18.0 Å².